The second kappa shape index (κ2) is 5.76. The molecule has 1 saturated heterocycles. The maximum atomic E-state index is 11.8. The second-order valence-corrected chi connectivity index (χ2v) is 5.89. The van der Waals surface area contributed by atoms with Crippen molar-refractivity contribution in [1.82, 2.24) is 9.03 Å². The monoisotopic (exact) mass is 266 g/mol. The Kier molecular flexibility index (Phi) is 4.87. The van der Waals surface area contributed by atoms with E-state index in [1.807, 2.05) is 0 Å². The summed E-state index contributed by atoms with van der Waals surface area (Å²) >= 11 is 0. The molecule has 2 unspecified atom stereocenters. The standard InChI is InChI=1S/C9H18N2O5S/c1-7-5-11(6-8(7)9(12)13)17(14,15)10-3-4-16-2/h7-8,10H,3-6H2,1-2H3,(H,12,13). The van der Waals surface area contributed by atoms with Crippen molar-refractivity contribution in [2.24, 2.45) is 11.8 Å². The molecule has 1 aliphatic rings. The minimum Gasteiger partial charge on any atom is -0.481 e. The van der Waals surface area contributed by atoms with Gasteiger partial charge < -0.3 is 9.84 Å². The van der Waals surface area contributed by atoms with E-state index in [0.29, 0.717) is 0 Å². The van der Waals surface area contributed by atoms with E-state index >= 15 is 0 Å². The highest BCUT2D eigenvalue weighted by atomic mass is 32.2. The predicted molar refractivity (Wildman–Crippen MR) is 60.7 cm³/mol. The van der Waals surface area contributed by atoms with Crippen LogP contribution in [-0.4, -0.2) is 57.1 Å². The van der Waals surface area contributed by atoms with Gasteiger partial charge in [0.1, 0.15) is 0 Å². The molecule has 0 saturated carbocycles. The number of hydrogen-bond donors (Lipinski definition) is 2. The van der Waals surface area contributed by atoms with Crippen molar-refractivity contribution >= 4 is 16.2 Å². The van der Waals surface area contributed by atoms with Crippen LogP contribution in [0.2, 0.25) is 0 Å². The SMILES string of the molecule is COCCNS(=O)(=O)N1CC(C)C(C(=O)O)C1. The van der Waals surface area contributed by atoms with Crippen LogP contribution in [0, 0.1) is 11.8 Å². The van der Waals surface area contributed by atoms with Gasteiger partial charge in [-0.25, -0.2) is 0 Å². The first-order chi connectivity index (χ1) is 7.88. The topological polar surface area (TPSA) is 95.9 Å². The molecule has 2 N–H and O–H groups in total. The van der Waals surface area contributed by atoms with E-state index in [-0.39, 0.29) is 32.2 Å². The van der Waals surface area contributed by atoms with Crippen molar-refractivity contribution in [2.75, 3.05) is 33.4 Å². The first-order valence-electron chi connectivity index (χ1n) is 5.35. The molecule has 1 heterocycles. The lowest BCUT2D eigenvalue weighted by Gasteiger charge is -2.16. The van der Waals surface area contributed by atoms with Gasteiger partial charge in [0.05, 0.1) is 12.5 Å². The fourth-order valence-electron chi connectivity index (χ4n) is 1.80. The number of carboxylic acids is 1. The molecule has 100 valence electrons. The summed E-state index contributed by atoms with van der Waals surface area (Å²) in [6, 6.07) is 0. The van der Waals surface area contributed by atoms with Gasteiger partial charge in [-0.15, -0.1) is 0 Å². The Morgan fingerprint density at radius 3 is 2.65 bits per heavy atom. The van der Waals surface area contributed by atoms with Crippen LogP contribution in [0.4, 0.5) is 0 Å². The summed E-state index contributed by atoms with van der Waals surface area (Å²) in [4.78, 5) is 10.9. The molecule has 0 aliphatic carbocycles. The lowest BCUT2D eigenvalue weighted by molar-refractivity contribution is -0.142. The zero-order valence-corrected chi connectivity index (χ0v) is 10.7. The highest BCUT2D eigenvalue weighted by Crippen LogP contribution is 2.24. The van der Waals surface area contributed by atoms with Gasteiger partial charge in [0.2, 0.25) is 0 Å². The quantitative estimate of drug-likeness (QED) is 0.609. The number of methoxy groups -OCH3 is 1. The third kappa shape index (κ3) is 3.63. The summed E-state index contributed by atoms with van der Waals surface area (Å²) in [5.74, 6) is -1.76. The molecule has 0 aromatic rings. The van der Waals surface area contributed by atoms with Crippen LogP contribution in [0.3, 0.4) is 0 Å². The molecule has 0 bridgehead atoms. The number of nitrogens with one attached hydrogen (secondary N) is 1. The first-order valence-corrected chi connectivity index (χ1v) is 6.79. The number of ether oxygens (including phenoxy) is 1. The molecular weight excluding hydrogens is 248 g/mol. The molecule has 1 fully saturated rings. The Morgan fingerprint density at radius 2 is 2.18 bits per heavy atom. The Morgan fingerprint density at radius 1 is 1.53 bits per heavy atom. The van der Waals surface area contributed by atoms with Crippen LogP contribution < -0.4 is 4.72 Å². The fraction of sp³-hybridized carbons (Fsp3) is 0.889. The molecular formula is C9H18N2O5S. The van der Waals surface area contributed by atoms with Crippen LogP contribution in [-0.2, 0) is 19.7 Å². The molecule has 0 aromatic carbocycles. The molecule has 0 radical (unpaired) electrons. The maximum absolute atomic E-state index is 11.8. The van der Waals surface area contributed by atoms with Crippen LogP contribution in [0.15, 0.2) is 0 Å². The highest BCUT2D eigenvalue weighted by molar-refractivity contribution is 7.87. The fourth-order valence-corrected chi connectivity index (χ4v) is 3.12. The third-order valence-corrected chi connectivity index (χ3v) is 4.37. The molecule has 0 spiro atoms. The van der Waals surface area contributed by atoms with Crippen molar-refractivity contribution < 1.29 is 23.1 Å². The molecule has 8 heteroatoms. The minimum absolute atomic E-state index is 0.0266. The first kappa shape index (κ1) is 14.4. The summed E-state index contributed by atoms with van der Waals surface area (Å²) in [7, 11) is -2.11. The van der Waals surface area contributed by atoms with Crippen LogP contribution in [0.25, 0.3) is 0 Å². The van der Waals surface area contributed by atoms with Crippen molar-refractivity contribution in [3.8, 4) is 0 Å². The Bertz CT molecular complexity index is 370. The molecule has 1 rings (SSSR count). The predicted octanol–water partition coefficient (Wildman–Crippen LogP) is -0.880. The molecule has 0 amide bonds. The van der Waals surface area contributed by atoms with E-state index in [1.165, 1.54) is 11.4 Å². The van der Waals surface area contributed by atoms with E-state index in [4.69, 9.17) is 9.84 Å². The number of hydrogen-bond acceptors (Lipinski definition) is 4. The number of aliphatic carboxylic acids is 1. The van der Waals surface area contributed by atoms with Crippen molar-refractivity contribution in [3.05, 3.63) is 0 Å². The number of nitrogens with zero attached hydrogens (tertiary/aromatic N) is 1. The lowest BCUT2D eigenvalue weighted by atomic mass is 9.99. The summed E-state index contributed by atoms with van der Waals surface area (Å²) in [5, 5.41) is 8.92. The highest BCUT2D eigenvalue weighted by Gasteiger charge is 2.39. The van der Waals surface area contributed by atoms with Gasteiger partial charge in [-0.3, -0.25) is 4.79 Å². The zero-order chi connectivity index (χ0) is 13.1. The van der Waals surface area contributed by atoms with Gasteiger partial charge in [0, 0.05) is 26.7 Å². The van der Waals surface area contributed by atoms with Crippen LogP contribution in [0.1, 0.15) is 6.92 Å². The molecule has 0 aromatic heterocycles. The number of carbonyl (C=O) groups is 1. The molecule has 1 aliphatic heterocycles. The van der Waals surface area contributed by atoms with Gasteiger partial charge in [-0.2, -0.15) is 17.4 Å². The average molecular weight is 266 g/mol. The Hall–Kier alpha value is -0.700. The van der Waals surface area contributed by atoms with Crippen LogP contribution in [0.5, 0.6) is 0 Å². The largest absolute Gasteiger partial charge is 0.481 e. The molecule has 17 heavy (non-hydrogen) atoms. The second-order valence-electron chi connectivity index (χ2n) is 4.13. The van der Waals surface area contributed by atoms with Crippen molar-refractivity contribution in [2.45, 2.75) is 6.92 Å². The third-order valence-electron chi connectivity index (χ3n) is 2.83. The molecule has 2 atom stereocenters. The van der Waals surface area contributed by atoms with E-state index in [2.05, 4.69) is 4.72 Å². The van der Waals surface area contributed by atoms with E-state index < -0.39 is 22.1 Å². The lowest BCUT2D eigenvalue weighted by Crippen LogP contribution is -2.41. The summed E-state index contributed by atoms with van der Waals surface area (Å²) in [6.07, 6.45) is 0. The van der Waals surface area contributed by atoms with E-state index in [1.54, 1.807) is 6.92 Å². The van der Waals surface area contributed by atoms with Crippen LogP contribution >= 0.6 is 0 Å². The molecule has 7 nitrogen and oxygen atoms in total. The Labute approximate surface area is 101 Å². The normalized spacial score (nSPS) is 26.2. The average Bonchev–Trinajstić information content (AvgIpc) is 2.61. The van der Waals surface area contributed by atoms with Gasteiger partial charge >= 0.3 is 5.97 Å². The smallest absolute Gasteiger partial charge is 0.308 e. The number of carboxylic acid groups (broad SMARTS) is 1. The van der Waals surface area contributed by atoms with Gasteiger partial charge in [0.15, 0.2) is 0 Å². The van der Waals surface area contributed by atoms with Gasteiger partial charge in [-0.1, -0.05) is 6.92 Å². The summed E-state index contributed by atoms with van der Waals surface area (Å²) in [5.41, 5.74) is 0. The summed E-state index contributed by atoms with van der Waals surface area (Å²) < 4.78 is 31.9. The zero-order valence-electron chi connectivity index (χ0n) is 9.92. The van der Waals surface area contributed by atoms with Gasteiger partial charge in [0.25, 0.3) is 10.2 Å². The maximum Gasteiger partial charge on any atom is 0.308 e. The number of rotatable bonds is 6. The van der Waals surface area contributed by atoms with Crippen molar-refractivity contribution in [3.63, 3.8) is 0 Å². The van der Waals surface area contributed by atoms with Crippen molar-refractivity contribution in [1.29, 1.82) is 0 Å². The van der Waals surface area contributed by atoms with E-state index in [9.17, 15) is 13.2 Å². The minimum atomic E-state index is -3.59. The van der Waals surface area contributed by atoms with Gasteiger partial charge in [-0.05, 0) is 5.92 Å². The Balaban J connectivity index is 2.60. The summed E-state index contributed by atoms with van der Waals surface area (Å²) in [6.45, 7) is 2.47. The van der Waals surface area contributed by atoms with E-state index in [0.717, 1.165) is 0 Å².